The second kappa shape index (κ2) is 6.09. The van der Waals surface area contributed by atoms with Gasteiger partial charge in [0.05, 0.1) is 3.57 Å². The van der Waals surface area contributed by atoms with Crippen LogP contribution in [0.4, 0.5) is 0 Å². The van der Waals surface area contributed by atoms with Gasteiger partial charge in [-0.15, -0.1) is 0 Å². The Hall–Kier alpha value is -0.820. The van der Waals surface area contributed by atoms with Crippen LogP contribution in [0.3, 0.4) is 0 Å². The summed E-state index contributed by atoms with van der Waals surface area (Å²) >= 11 is 2.05. The number of hydrogen-bond acceptors (Lipinski definition) is 3. The lowest BCUT2D eigenvalue weighted by atomic mass is 10.0. The van der Waals surface area contributed by atoms with Crippen LogP contribution < -0.4 is 0 Å². The fraction of sp³-hybridized carbons (Fsp3) is 0.500. The molecular weight excluding hydrogens is 355 g/mol. The van der Waals surface area contributed by atoms with Crippen molar-refractivity contribution >= 4 is 28.5 Å². The molecule has 1 aromatic rings. The topological polar surface area (TPSA) is 43.8 Å². The Morgan fingerprint density at radius 3 is 2.63 bits per heavy atom. The van der Waals surface area contributed by atoms with E-state index in [0.29, 0.717) is 11.6 Å². The molecule has 0 saturated carbocycles. The quantitative estimate of drug-likeness (QED) is 0.807. The maximum atomic E-state index is 12.4. The van der Waals surface area contributed by atoms with E-state index in [1.54, 1.807) is 18.2 Å². The molecule has 5 heteroatoms. The van der Waals surface area contributed by atoms with Crippen LogP contribution in [-0.4, -0.2) is 54.0 Å². The van der Waals surface area contributed by atoms with E-state index in [0.717, 1.165) is 29.5 Å². The molecule has 104 valence electrons. The highest BCUT2D eigenvalue weighted by Crippen LogP contribution is 2.22. The molecule has 0 aromatic heterocycles. The number of hydrogen-bond donors (Lipinski definition) is 1. The zero-order chi connectivity index (χ0) is 14.0. The number of carbonyl (C=O) groups is 1. The van der Waals surface area contributed by atoms with E-state index >= 15 is 0 Å². The first-order chi connectivity index (χ1) is 8.99. The molecule has 0 atom stereocenters. The highest BCUT2D eigenvalue weighted by atomic mass is 127. The van der Waals surface area contributed by atoms with E-state index in [-0.39, 0.29) is 11.7 Å². The zero-order valence-corrected chi connectivity index (χ0v) is 13.4. The van der Waals surface area contributed by atoms with Crippen molar-refractivity contribution in [2.75, 3.05) is 27.2 Å². The molecule has 1 aromatic carbocycles. The Balaban J connectivity index is 2.08. The average Bonchev–Trinajstić information content (AvgIpc) is 2.41. The molecule has 1 aliphatic rings. The number of halogens is 1. The summed E-state index contributed by atoms with van der Waals surface area (Å²) in [5.41, 5.74) is 0.555. The standard InChI is InChI=1S/C14H19IN2O2/c1-16-7-5-11(6-8-16)17(2)14(19)10-3-4-12(15)13(18)9-10/h3-4,9,11,18H,5-8H2,1-2H3. The number of benzene rings is 1. The van der Waals surface area contributed by atoms with Gasteiger partial charge in [-0.25, -0.2) is 0 Å². The normalized spacial score (nSPS) is 17.4. The summed E-state index contributed by atoms with van der Waals surface area (Å²) in [7, 11) is 3.96. The van der Waals surface area contributed by atoms with Gasteiger partial charge in [-0.2, -0.15) is 0 Å². The van der Waals surface area contributed by atoms with Crippen molar-refractivity contribution in [2.45, 2.75) is 18.9 Å². The third-order valence-electron chi connectivity index (χ3n) is 3.75. The molecular formula is C14H19IN2O2. The van der Waals surface area contributed by atoms with E-state index in [4.69, 9.17) is 0 Å². The zero-order valence-electron chi connectivity index (χ0n) is 11.3. The van der Waals surface area contributed by atoms with Crippen LogP contribution in [-0.2, 0) is 0 Å². The van der Waals surface area contributed by atoms with E-state index in [9.17, 15) is 9.90 Å². The van der Waals surface area contributed by atoms with Gasteiger partial charge < -0.3 is 14.9 Å². The fourth-order valence-corrected chi connectivity index (χ4v) is 2.73. The molecule has 1 heterocycles. The van der Waals surface area contributed by atoms with Crippen molar-refractivity contribution in [1.29, 1.82) is 0 Å². The number of carbonyl (C=O) groups excluding carboxylic acids is 1. The summed E-state index contributed by atoms with van der Waals surface area (Å²) in [5, 5.41) is 9.69. The van der Waals surface area contributed by atoms with Crippen LogP contribution in [0.1, 0.15) is 23.2 Å². The highest BCUT2D eigenvalue weighted by Gasteiger charge is 2.24. The predicted molar refractivity (Wildman–Crippen MR) is 83.4 cm³/mol. The first-order valence-electron chi connectivity index (χ1n) is 6.43. The molecule has 0 unspecified atom stereocenters. The lowest BCUT2D eigenvalue weighted by Gasteiger charge is -2.35. The Morgan fingerprint density at radius 1 is 1.42 bits per heavy atom. The molecule has 1 saturated heterocycles. The molecule has 0 radical (unpaired) electrons. The van der Waals surface area contributed by atoms with Crippen molar-refractivity contribution in [3.63, 3.8) is 0 Å². The van der Waals surface area contributed by atoms with Crippen LogP contribution in [0.5, 0.6) is 5.75 Å². The van der Waals surface area contributed by atoms with Gasteiger partial charge in [-0.1, -0.05) is 0 Å². The number of rotatable bonds is 2. The Kier molecular flexibility index (Phi) is 4.67. The third kappa shape index (κ3) is 3.39. The van der Waals surface area contributed by atoms with E-state index < -0.39 is 0 Å². The van der Waals surface area contributed by atoms with Crippen molar-refractivity contribution in [3.05, 3.63) is 27.3 Å². The van der Waals surface area contributed by atoms with Gasteiger partial charge in [-0.3, -0.25) is 4.79 Å². The van der Waals surface area contributed by atoms with Crippen molar-refractivity contribution in [1.82, 2.24) is 9.80 Å². The average molecular weight is 374 g/mol. The molecule has 4 nitrogen and oxygen atoms in total. The summed E-state index contributed by atoms with van der Waals surface area (Å²) in [6.07, 6.45) is 2.02. The minimum absolute atomic E-state index is 0.0127. The number of likely N-dealkylation sites (tertiary alicyclic amines) is 1. The van der Waals surface area contributed by atoms with Crippen LogP contribution in [0.15, 0.2) is 18.2 Å². The van der Waals surface area contributed by atoms with Gasteiger partial charge in [-0.05, 0) is 73.8 Å². The number of phenolic OH excluding ortho intramolecular Hbond substituents is 1. The predicted octanol–water partition coefficient (Wildman–Crippen LogP) is 2.16. The minimum atomic E-state index is -0.0127. The van der Waals surface area contributed by atoms with Crippen LogP contribution in [0.2, 0.25) is 0 Å². The van der Waals surface area contributed by atoms with Gasteiger partial charge >= 0.3 is 0 Å². The summed E-state index contributed by atoms with van der Waals surface area (Å²) in [4.78, 5) is 16.5. The van der Waals surface area contributed by atoms with Crippen molar-refractivity contribution in [3.8, 4) is 5.75 Å². The largest absolute Gasteiger partial charge is 0.507 e. The van der Waals surface area contributed by atoms with Gasteiger partial charge in [0.15, 0.2) is 0 Å². The molecule has 1 fully saturated rings. The first-order valence-corrected chi connectivity index (χ1v) is 7.51. The van der Waals surface area contributed by atoms with Crippen LogP contribution in [0, 0.1) is 3.57 Å². The lowest BCUT2D eigenvalue weighted by Crippen LogP contribution is -2.44. The molecule has 19 heavy (non-hydrogen) atoms. The third-order valence-corrected chi connectivity index (χ3v) is 4.66. The maximum absolute atomic E-state index is 12.4. The van der Waals surface area contributed by atoms with Gasteiger partial charge in [0, 0.05) is 18.7 Å². The Morgan fingerprint density at radius 2 is 2.05 bits per heavy atom. The molecule has 0 bridgehead atoms. The second-order valence-corrected chi connectivity index (χ2v) is 6.28. The van der Waals surface area contributed by atoms with Gasteiger partial charge in [0.1, 0.15) is 5.75 Å². The maximum Gasteiger partial charge on any atom is 0.253 e. The first kappa shape index (κ1) is 14.6. The fourth-order valence-electron chi connectivity index (χ4n) is 2.40. The lowest BCUT2D eigenvalue weighted by molar-refractivity contribution is 0.0659. The Labute approximate surface area is 127 Å². The van der Waals surface area contributed by atoms with E-state index in [1.165, 1.54) is 0 Å². The van der Waals surface area contributed by atoms with Crippen LogP contribution >= 0.6 is 22.6 Å². The number of aromatic hydroxyl groups is 1. The number of piperidine rings is 1. The molecule has 1 N–H and O–H groups in total. The summed E-state index contributed by atoms with van der Waals surface area (Å²) in [5.74, 6) is 0.157. The molecule has 1 aliphatic heterocycles. The van der Waals surface area contributed by atoms with Gasteiger partial charge in [0.25, 0.3) is 5.91 Å². The number of amides is 1. The smallest absolute Gasteiger partial charge is 0.253 e. The summed E-state index contributed by atoms with van der Waals surface area (Å²) in [6, 6.07) is 5.39. The molecule has 0 spiro atoms. The molecule has 0 aliphatic carbocycles. The van der Waals surface area contributed by atoms with Crippen molar-refractivity contribution in [2.24, 2.45) is 0 Å². The van der Waals surface area contributed by atoms with Crippen molar-refractivity contribution < 1.29 is 9.90 Å². The molecule has 1 amide bonds. The monoisotopic (exact) mass is 374 g/mol. The van der Waals surface area contributed by atoms with Crippen LogP contribution in [0.25, 0.3) is 0 Å². The van der Waals surface area contributed by atoms with E-state index in [1.807, 2.05) is 34.5 Å². The Bertz CT molecular complexity index is 471. The SMILES string of the molecule is CN1CCC(N(C)C(=O)c2ccc(I)c(O)c2)CC1. The number of phenols is 1. The van der Waals surface area contributed by atoms with E-state index in [2.05, 4.69) is 11.9 Å². The second-order valence-electron chi connectivity index (χ2n) is 5.12. The minimum Gasteiger partial charge on any atom is -0.507 e. The summed E-state index contributed by atoms with van der Waals surface area (Å²) in [6.45, 7) is 2.06. The summed E-state index contributed by atoms with van der Waals surface area (Å²) < 4.78 is 0.760. The van der Waals surface area contributed by atoms with Gasteiger partial charge in [0.2, 0.25) is 0 Å². The number of nitrogens with zero attached hydrogens (tertiary/aromatic N) is 2. The highest BCUT2D eigenvalue weighted by molar-refractivity contribution is 14.1. The molecule has 2 rings (SSSR count).